The maximum absolute atomic E-state index is 12.4. The van der Waals surface area contributed by atoms with Crippen LogP contribution in [0.3, 0.4) is 0 Å². The topological polar surface area (TPSA) is 83.6 Å². The molecule has 1 aromatic rings. The van der Waals surface area contributed by atoms with Crippen molar-refractivity contribution in [2.45, 2.75) is 38.6 Å². The molecule has 3 heterocycles. The molecule has 3 rings (SSSR count). The first kappa shape index (κ1) is 17.7. The van der Waals surface area contributed by atoms with Crippen LogP contribution in [0.2, 0.25) is 0 Å². The second-order valence-corrected chi connectivity index (χ2v) is 6.75. The first-order valence-electron chi connectivity index (χ1n) is 8.99. The van der Waals surface area contributed by atoms with E-state index in [9.17, 15) is 9.59 Å². The minimum absolute atomic E-state index is 0.0115. The number of rotatable bonds is 3. The van der Waals surface area contributed by atoms with E-state index in [0.29, 0.717) is 45.0 Å². The third-order valence-electron chi connectivity index (χ3n) is 4.84. The van der Waals surface area contributed by atoms with E-state index in [-0.39, 0.29) is 23.9 Å². The van der Waals surface area contributed by atoms with Crippen LogP contribution < -0.4 is 10.6 Å². The second-order valence-electron chi connectivity index (χ2n) is 6.75. The summed E-state index contributed by atoms with van der Waals surface area (Å²) in [5.41, 5.74) is 0.873. The van der Waals surface area contributed by atoms with Crippen LogP contribution >= 0.6 is 0 Å². The van der Waals surface area contributed by atoms with Crippen molar-refractivity contribution in [2.75, 3.05) is 31.6 Å². The number of carbonyl (C=O) groups is 2. The van der Waals surface area contributed by atoms with Gasteiger partial charge in [0, 0.05) is 44.0 Å². The van der Waals surface area contributed by atoms with Gasteiger partial charge in [-0.1, -0.05) is 6.07 Å². The van der Waals surface area contributed by atoms with Crippen LogP contribution in [0.15, 0.2) is 18.2 Å². The Bertz CT molecular complexity index is 608. The Morgan fingerprint density at radius 3 is 2.56 bits per heavy atom. The van der Waals surface area contributed by atoms with Crippen LogP contribution in [-0.2, 0) is 9.53 Å². The zero-order chi connectivity index (χ0) is 17.6. The molecule has 7 heteroatoms. The van der Waals surface area contributed by atoms with Crippen LogP contribution in [0.4, 0.5) is 10.6 Å². The molecule has 2 aliphatic heterocycles. The van der Waals surface area contributed by atoms with Crippen LogP contribution in [-0.4, -0.2) is 54.2 Å². The zero-order valence-corrected chi connectivity index (χ0v) is 14.7. The zero-order valence-electron chi connectivity index (χ0n) is 14.7. The standard InChI is InChI=1S/C18H26N4O3/c1-13-3-2-4-16(19-13)21-17(23)14-5-9-22(10-6-14)18(24)20-15-7-11-25-12-8-15/h2-4,14-15H,5-12H2,1H3,(H,20,24)(H,19,21,23). The highest BCUT2D eigenvalue weighted by atomic mass is 16.5. The summed E-state index contributed by atoms with van der Waals surface area (Å²) >= 11 is 0. The highest BCUT2D eigenvalue weighted by Gasteiger charge is 2.28. The van der Waals surface area contributed by atoms with Gasteiger partial charge in [0.2, 0.25) is 5.91 Å². The lowest BCUT2D eigenvalue weighted by atomic mass is 9.96. The summed E-state index contributed by atoms with van der Waals surface area (Å²) in [6.45, 7) is 4.52. The third-order valence-corrected chi connectivity index (χ3v) is 4.84. The van der Waals surface area contributed by atoms with Gasteiger partial charge in [-0.3, -0.25) is 4.79 Å². The van der Waals surface area contributed by atoms with E-state index in [1.54, 1.807) is 6.07 Å². The van der Waals surface area contributed by atoms with Crippen LogP contribution in [0.5, 0.6) is 0 Å². The van der Waals surface area contributed by atoms with Gasteiger partial charge in [0.05, 0.1) is 0 Å². The van der Waals surface area contributed by atoms with E-state index in [1.165, 1.54) is 0 Å². The van der Waals surface area contributed by atoms with E-state index >= 15 is 0 Å². The van der Waals surface area contributed by atoms with Gasteiger partial charge in [-0.15, -0.1) is 0 Å². The largest absolute Gasteiger partial charge is 0.381 e. The highest BCUT2D eigenvalue weighted by Crippen LogP contribution is 2.19. The number of pyridine rings is 1. The summed E-state index contributed by atoms with van der Waals surface area (Å²) in [7, 11) is 0. The molecule has 0 spiro atoms. The number of aryl methyl sites for hydroxylation is 1. The predicted molar refractivity (Wildman–Crippen MR) is 94.3 cm³/mol. The number of hydrogen-bond acceptors (Lipinski definition) is 4. The number of hydrogen-bond donors (Lipinski definition) is 2. The molecular formula is C18H26N4O3. The summed E-state index contributed by atoms with van der Waals surface area (Å²) in [4.78, 5) is 30.8. The molecule has 1 aromatic heterocycles. The smallest absolute Gasteiger partial charge is 0.317 e. The van der Waals surface area contributed by atoms with Crippen molar-refractivity contribution in [2.24, 2.45) is 5.92 Å². The molecule has 0 atom stereocenters. The summed E-state index contributed by atoms with van der Waals surface area (Å²) < 4.78 is 5.31. The van der Waals surface area contributed by atoms with Crippen molar-refractivity contribution in [1.29, 1.82) is 0 Å². The van der Waals surface area contributed by atoms with Gasteiger partial charge in [-0.05, 0) is 44.7 Å². The first-order chi connectivity index (χ1) is 12.1. The minimum atomic E-state index is -0.0746. The molecule has 7 nitrogen and oxygen atoms in total. The lowest BCUT2D eigenvalue weighted by Gasteiger charge is -2.33. The number of amides is 3. The van der Waals surface area contributed by atoms with Crippen molar-refractivity contribution in [1.82, 2.24) is 15.2 Å². The average Bonchev–Trinajstić information content (AvgIpc) is 2.62. The molecule has 2 saturated heterocycles. The van der Waals surface area contributed by atoms with Crippen molar-refractivity contribution in [3.8, 4) is 0 Å². The number of nitrogens with one attached hydrogen (secondary N) is 2. The monoisotopic (exact) mass is 346 g/mol. The highest BCUT2D eigenvalue weighted by molar-refractivity contribution is 5.91. The molecule has 0 aromatic carbocycles. The predicted octanol–water partition coefficient (Wildman–Crippen LogP) is 1.93. The van der Waals surface area contributed by atoms with Gasteiger partial charge in [0.1, 0.15) is 5.82 Å². The fraction of sp³-hybridized carbons (Fsp3) is 0.611. The van der Waals surface area contributed by atoms with E-state index in [0.717, 1.165) is 18.5 Å². The summed E-state index contributed by atoms with van der Waals surface area (Å²) in [6.07, 6.45) is 3.10. The van der Waals surface area contributed by atoms with E-state index < -0.39 is 0 Å². The number of likely N-dealkylation sites (tertiary alicyclic amines) is 1. The third kappa shape index (κ3) is 4.92. The number of piperidine rings is 1. The molecule has 0 saturated carbocycles. The Morgan fingerprint density at radius 2 is 1.88 bits per heavy atom. The maximum atomic E-state index is 12.4. The summed E-state index contributed by atoms with van der Waals surface area (Å²) in [6, 6.07) is 5.74. The molecule has 0 bridgehead atoms. The fourth-order valence-electron chi connectivity index (χ4n) is 3.29. The van der Waals surface area contributed by atoms with Crippen LogP contribution in [0, 0.1) is 12.8 Å². The Hall–Kier alpha value is -2.15. The number of ether oxygens (including phenoxy) is 1. The van der Waals surface area contributed by atoms with Crippen molar-refractivity contribution < 1.29 is 14.3 Å². The van der Waals surface area contributed by atoms with Crippen molar-refractivity contribution in [3.05, 3.63) is 23.9 Å². The molecule has 0 unspecified atom stereocenters. The van der Waals surface area contributed by atoms with Gasteiger partial charge in [0.15, 0.2) is 0 Å². The molecule has 2 fully saturated rings. The molecule has 0 radical (unpaired) electrons. The van der Waals surface area contributed by atoms with Crippen molar-refractivity contribution >= 4 is 17.8 Å². The Morgan fingerprint density at radius 1 is 1.16 bits per heavy atom. The molecule has 25 heavy (non-hydrogen) atoms. The lowest BCUT2D eigenvalue weighted by Crippen LogP contribution is -2.50. The summed E-state index contributed by atoms with van der Waals surface area (Å²) in [5, 5.41) is 5.95. The van der Waals surface area contributed by atoms with Crippen LogP contribution in [0.1, 0.15) is 31.4 Å². The maximum Gasteiger partial charge on any atom is 0.317 e. The average molecular weight is 346 g/mol. The second kappa shape index (κ2) is 8.29. The van der Waals surface area contributed by atoms with Gasteiger partial charge in [0.25, 0.3) is 0 Å². The van der Waals surface area contributed by atoms with Gasteiger partial charge in [-0.25, -0.2) is 9.78 Å². The Balaban J connectivity index is 1.44. The molecular weight excluding hydrogens is 320 g/mol. The number of aromatic nitrogens is 1. The van der Waals surface area contributed by atoms with Crippen molar-refractivity contribution in [3.63, 3.8) is 0 Å². The normalized spacial score (nSPS) is 19.5. The van der Waals surface area contributed by atoms with Gasteiger partial charge < -0.3 is 20.3 Å². The van der Waals surface area contributed by atoms with Gasteiger partial charge >= 0.3 is 6.03 Å². The van der Waals surface area contributed by atoms with E-state index in [1.807, 2.05) is 24.0 Å². The number of carbonyl (C=O) groups excluding carboxylic acids is 2. The number of anilines is 1. The molecule has 136 valence electrons. The lowest BCUT2D eigenvalue weighted by molar-refractivity contribution is -0.121. The van der Waals surface area contributed by atoms with E-state index in [4.69, 9.17) is 4.74 Å². The molecule has 0 aliphatic carbocycles. The van der Waals surface area contributed by atoms with E-state index in [2.05, 4.69) is 15.6 Å². The molecule has 2 N–H and O–H groups in total. The number of nitrogens with zero attached hydrogens (tertiary/aromatic N) is 2. The SMILES string of the molecule is Cc1cccc(NC(=O)C2CCN(C(=O)NC3CCOCC3)CC2)n1. The summed E-state index contributed by atoms with van der Waals surface area (Å²) in [5.74, 6) is 0.502. The molecule has 3 amide bonds. The Labute approximate surface area is 148 Å². The first-order valence-corrected chi connectivity index (χ1v) is 8.99. The fourth-order valence-corrected chi connectivity index (χ4v) is 3.29. The quantitative estimate of drug-likeness (QED) is 0.876. The number of urea groups is 1. The van der Waals surface area contributed by atoms with Crippen LogP contribution in [0.25, 0.3) is 0 Å². The van der Waals surface area contributed by atoms with Gasteiger partial charge in [-0.2, -0.15) is 0 Å². The Kier molecular flexibility index (Phi) is 5.86. The molecule has 2 aliphatic rings. The minimum Gasteiger partial charge on any atom is -0.381 e.